The molecule has 2 aromatic heterocycles. The number of ketones is 1. The number of hydrogen-bond donors (Lipinski definition) is 1. The number of benzene rings is 1. The van der Waals surface area contributed by atoms with Crippen LogP contribution in [0.25, 0.3) is 0 Å². The topological polar surface area (TPSA) is 80.8 Å². The molecule has 0 saturated carbocycles. The Morgan fingerprint density at radius 2 is 1.95 bits per heavy atom. The molecule has 0 aliphatic carbocycles. The molecule has 0 amide bonds. The molecule has 2 heterocycles. The lowest BCUT2D eigenvalue weighted by molar-refractivity contribution is 0.0982. The van der Waals surface area contributed by atoms with E-state index in [1.807, 2.05) is 30.3 Å². The van der Waals surface area contributed by atoms with Crippen molar-refractivity contribution in [3.05, 3.63) is 72.1 Å². The molecule has 3 rings (SSSR count). The second-order valence-corrected chi connectivity index (χ2v) is 4.69. The van der Waals surface area contributed by atoms with Crippen molar-refractivity contribution < 1.29 is 9.53 Å². The van der Waals surface area contributed by atoms with Crippen LogP contribution in [0, 0.1) is 0 Å². The summed E-state index contributed by atoms with van der Waals surface area (Å²) < 4.78 is 5.65. The number of ether oxygens (including phenoxy) is 1. The number of carbonyl (C=O) groups is 1. The van der Waals surface area contributed by atoms with E-state index in [2.05, 4.69) is 20.2 Å². The fourth-order valence-corrected chi connectivity index (χ4v) is 1.93. The molecule has 0 fully saturated rings. The summed E-state index contributed by atoms with van der Waals surface area (Å²) in [6, 6.07) is 13.5. The zero-order chi connectivity index (χ0) is 15.2. The molecule has 1 aromatic carbocycles. The highest BCUT2D eigenvalue weighted by Gasteiger charge is 2.10. The number of nitrogens with one attached hydrogen (secondary N) is 1. The van der Waals surface area contributed by atoms with E-state index in [0.29, 0.717) is 18.1 Å². The standard InChI is InChI=1S/C16H14N4O2/c21-15(16-18-11-19-20-16)8-13-6-7-14(9-17-13)22-10-12-4-2-1-3-5-12/h1-7,9,11H,8,10H2,(H,18,19,20). The molecule has 3 aromatic rings. The number of hydrogen-bond acceptors (Lipinski definition) is 5. The smallest absolute Gasteiger partial charge is 0.205 e. The minimum Gasteiger partial charge on any atom is -0.487 e. The second kappa shape index (κ2) is 6.62. The minimum absolute atomic E-state index is 0.150. The summed E-state index contributed by atoms with van der Waals surface area (Å²) in [5.74, 6) is 0.758. The Morgan fingerprint density at radius 3 is 2.64 bits per heavy atom. The third kappa shape index (κ3) is 3.54. The summed E-state index contributed by atoms with van der Waals surface area (Å²) in [5, 5.41) is 6.20. The molecule has 0 bridgehead atoms. The number of pyridine rings is 1. The maximum Gasteiger partial charge on any atom is 0.205 e. The lowest BCUT2D eigenvalue weighted by atomic mass is 10.2. The van der Waals surface area contributed by atoms with E-state index in [-0.39, 0.29) is 18.0 Å². The number of aromatic nitrogens is 4. The van der Waals surface area contributed by atoms with Gasteiger partial charge in [0.25, 0.3) is 0 Å². The van der Waals surface area contributed by atoms with Gasteiger partial charge in [-0.15, -0.1) is 0 Å². The summed E-state index contributed by atoms with van der Waals surface area (Å²) in [5.41, 5.74) is 1.75. The van der Waals surface area contributed by atoms with Gasteiger partial charge >= 0.3 is 0 Å². The van der Waals surface area contributed by atoms with Gasteiger partial charge in [-0.3, -0.25) is 14.9 Å². The van der Waals surface area contributed by atoms with E-state index in [1.165, 1.54) is 6.33 Å². The van der Waals surface area contributed by atoms with E-state index < -0.39 is 0 Å². The SMILES string of the molecule is O=C(Cc1ccc(OCc2ccccc2)cn1)c1ncn[nH]1. The Kier molecular flexibility index (Phi) is 4.20. The van der Waals surface area contributed by atoms with Crippen molar-refractivity contribution >= 4 is 5.78 Å². The van der Waals surface area contributed by atoms with Crippen LogP contribution in [0.15, 0.2) is 55.0 Å². The number of nitrogens with zero attached hydrogens (tertiary/aromatic N) is 3. The first-order chi connectivity index (χ1) is 10.8. The van der Waals surface area contributed by atoms with Crippen molar-refractivity contribution in [2.24, 2.45) is 0 Å². The summed E-state index contributed by atoms with van der Waals surface area (Å²) in [7, 11) is 0. The fraction of sp³-hybridized carbons (Fsp3) is 0.125. The molecule has 1 N–H and O–H groups in total. The van der Waals surface area contributed by atoms with Crippen LogP contribution >= 0.6 is 0 Å². The summed E-state index contributed by atoms with van der Waals surface area (Å²) >= 11 is 0. The largest absolute Gasteiger partial charge is 0.487 e. The molecule has 0 aliphatic heterocycles. The van der Waals surface area contributed by atoms with Crippen molar-refractivity contribution in [2.45, 2.75) is 13.0 Å². The van der Waals surface area contributed by atoms with E-state index >= 15 is 0 Å². The van der Waals surface area contributed by atoms with E-state index in [9.17, 15) is 4.79 Å². The maximum atomic E-state index is 11.9. The lowest BCUT2D eigenvalue weighted by Crippen LogP contribution is -2.07. The van der Waals surface area contributed by atoms with Crippen LogP contribution < -0.4 is 4.74 Å². The Hall–Kier alpha value is -3.02. The normalized spacial score (nSPS) is 10.4. The first-order valence-corrected chi connectivity index (χ1v) is 6.81. The highest BCUT2D eigenvalue weighted by atomic mass is 16.5. The molecule has 0 spiro atoms. The van der Waals surface area contributed by atoms with Gasteiger partial charge in [-0.2, -0.15) is 5.10 Å². The summed E-state index contributed by atoms with van der Waals surface area (Å²) in [4.78, 5) is 19.9. The van der Waals surface area contributed by atoms with Crippen LogP contribution in [-0.2, 0) is 13.0 Å². The molecule has 0 aliphatic rings. The van der Waals surface area contributed by atoms with Crippen LogP contribution in [0.1, 0.15) is 21.9 Å². The lowest BCUT2D eigenvalue weighted by Gasteiger charge is -2.06. The average Bonchev–Trinajstić information content (AvgIpc) is 3.10. The van der Waals surface area contributed by atoms with Crippen LogP contribution in [0.3, 0.4) is 0 Å². The molecule has 22 heavy (non-hydrogen) atoms. The first-order valence-electron chi connectivity index (χ1n) is 6.81. The monoisotopic (exact) mass is 294 g/mol. The van der Waals surface area contributed by atoms with Crippen molar-refractivity contribution in [2.75, 3.05) is 0 Å². The van der Waals surface area contributed by atoms with Crippen LogP contribution in [0.2, 0.25) is 0 Å². The zero-order valence-corrected chi connectivity index (χ0v) is 11.8. The average molecular weight is 294 g/mol. The quantitative estimate of drug-likeness (QED) is 0.705. The zero-order valence-electron chi connectivity index (χ0n) is 11.8. The highest BCUT2D eigenvalue weighted by molar-refractivity contribution is 5.93. The molecular weight excluding hydrogens is 280 g/mol. The van der Waals surface area contributed by atoms with E-state index in [4.69, 9.17) is 4.74 Å². The predicted octanol–water partition coefficient (Wildman–Crippen LogP) is 2.20. The van der Waals surface area contributed by atoms with Crippen molar-refractivity contribution in [3.8, 4) is 5.75 Å². The Morgan fingerprint density at radius 1 is 1.09 bits per heavy atom. The third-order valence-corrected chi connectivity index (χ3v) is 3.07. The van der Waals surface area contributed by atoms with E-state index in [1.54, 1.807) is 18.3 Å². The van der Waals surface area contributed by atoms with Gasteiger partial charge in [0, 0.05) is 5.69 Å². The number of Topliss-reactive ketones (excluding diaryl/α,β-unsaturated/α-hetero) is 1. The number of aromatic amines is 1. The number of H-pyrrole nitrogens is 1. The van der Waals surface area contributed by atoms with Gasteiger partial charge in [0.05, 0.1) is 12.6 Å². The highest BCUT2D eigenvalue weighted by Crippen LogP contribution is 2.12. The molecule has 0 saturated heterocycles. The van der Waals surface area contributed by atoms with Gasteiger partial charge in [-0.05, 0) is 17.7 Å². The minimum atomic E-state index is -0.150. The molecule has 0 atom stereocenters. The van der Waals surface area contributed by atoms with Gasteiger partial charge in [0.2, 0.25) is 5.78 Å². The van der Waals surface area contributed by atoms with Crippen molar-refractivity contribution in [3.63, 3.8) is 0 Å². The second-order valence-electron chi connectivity index (χ2n) is 4.69. The first kappa shape index (κ1) is 13.9. The molecule has 6 nitrogen and oxygen atoms in total. The number of rotatable bonds is 6. The van der Waals surface area contributed by atoms with Crippen molar-refractivity contribution in [1.29, 1.82) is 0 Å². The molecule has 110 valence electrons. The fourth-order valence-electron chi connectivity index (χ4n) is 1.93. The predicted molar refractivity (Wildman–Crippen MR) is 79.4 cm³/mol. The van der Waals surface area contributed by atoms with Crippen LogP contribution in [0.5, 0.6) is 5.75 Å². The van der Waals surface area contributed by atoms with Crippen LogP contribution in [-0.4, -0.2) is 25.9 Å². The Bertz CT molecular complexity index is 725. The summed E-state index contributed by atoms with van der Waals surface area (Å²) in [6.07, 6.45) is 3.10. The van der Waals surface area contributed by atoms with Gasteiger partial charge in [0.1, 0.15) is 18.7 Å². The molecule has 0 radical (unpaired) electrons. The maximum absolute atomic E-state index is 11.9. The van der Waals surface area contributed by atoms with Gasteiger partial charge in [-0.1, -0.05) is 30.3 Å². The van der Waals surface area contributed by atoms with Crippen molar-refractivity contribution in [1.82, 2.24) is 20.2 Å². The molecule has 6 heteroatoms. The third-order valence-electron chi connectivity index (χ3n) is 3.07. The summed E-state index contributed by atoms with van der Waals surface area (Å²) in [6.45, 7) is 0.485. The van der Waals surface area contributed by atoms with Crippen LogP contribution in [0.4, 0.5) is 0 Å². The number of carbonyl (C=O) groups excluding carboxylic acids is 1. The van der Waals surface area contributed by atoms with Gasteiger partial charge in [-0.25, -0.2) is 4.98 Å². The molecule has 0 unspecified atom stereocenters. The van der Waals surface area contributed by atoms with Gasteiger partial charge in [0.15, 0.2) is 5.82 Å². The Balaban J connectivity index is 1.57. The molecular formula is C16H14N4O2. The van der Waals surface area contributed by atoms with E-state index in [0.717, 1.165) is 5.56 Å². The Labute approximate surface area is 127 Å². The van der Waals surface area contributed by atoms with Gasteiger partial charge < -0.3 is 4.74 Å².